The van der Waals surface area contributed by atoms with Crippen molar-refractivity contribution < 1.29 is 0 Å². The number of piperazine rings is 1. The number of nitrogens with zero attached hydrogens (tertiary/aromatic N) is 2. The van der Waals surface area contributed by atoms with Gasteiger partial charge in [0.2, 0.25) is 0 Å². The summed E-state index contributed by atoms with van der Waals surface area (Å²) in [6, 6.07) is 6.71. The Bertz CT molecular complexity index is 422. The molecule has 1 heterocycles. The van der Waals surface area contributed by atoms with Crippen LogP contribution in [0.5, 0.6) is 0 Å². The van der Waals surface area contributed by atoms with Crippen molar-refractivity contribution in [1.82, 2.24) is 15.1 Å². The Balaban J connectivity index is 1.82. The molecule has 0 spiro atoms. The lowest BCUT2D eigenvalue weighted by molar-refractivity contribution is 0.113. The number of hydrogen-bond acceptors (Lipinski definition) is 3. The summed E-state index contributed by atoms with van der Waals surface area (Å²) in [6.45, 7) is 7.53. The first-order chi connectivity index (χ1) is 9.06. The van der Waals surface area contributed by atoms with Crippen molar-refractivity contribution in [3.8, 4) is 0 Å². The fraction of sp³-hybridized carbons (Fsp3) is 0.600. The standard InChI is InChI=1S/C15H24ClN3/c1-12-8-14(16)5-4-13(12)9-17-10-15-11-18(2)6-7-19(15)3/h4-5,8,15,17H,6-7,9-11H2,1-3H3. The van der Waals surface area contributed by atoms with E-state index in [1.54, 1.807) is 0 Å². The summed E-state index contributed by atoms with van der Waals surface area (Å²) in [4.78, 5) is 4.85. The highest BCUT2D eigenvalue weighted by atomic mass is 35.5. The first kappa shape index (κ1) is 14.8. The van der Waals surface area contributed by atoms with Gasteiger partial charge in [-0.25, -0.2) is 0 Å². The SMILES string of the molecule is Cc1cc(Cl)ccc1CNCC1CN(C)CCN1C. The molecule has 3 nitrogen and oxygen atoms in total. The van der Waals surface area contributed by atoms with Gasteiger partial charge in [-0.1, -0.05) is 17.7 Å². The predicted octanol–water partition coefficient (Wildman–Crippen LogP) is 1.98. The summed E-state index contributed by atoms with van der Waals surface area (Å²) in [5.74, 6) is 0. The third kappa shape index (κ3) is 4.18. The molecule has 0 aromatic heterocycles. The first-order valence-corrected chi connectivity index (χ1v) is 7.28. The van der Waals surface area contributed by atoms with Gasteiger partial charge in [0.25, 0.3) is 0 Å². The molecule has 1 aromatic rings. The van der Waals surface area contributed by atoms with E-state index in [1.165, 1.54) is 17.7 Å². The van der Waals surface area contributed by atoms with Gasteiger partial charge in [0, 0.05) is 43.8 Å². The van der Waals surface area contributed by atoms with Crippen molar-refractivity contribution in [2.45, 2.75) is 19.5 Å². The number of hydrogen-bond donors (Lipinski definition) is 1. The number of nitrogens with one attached hydrogen (secondary N) is 1. The Labute approximate surface area is 121 Å². The van der Waals surface area contributed by atoms with Crippen molar-refractivity contribution >= 4 is 11.6 Å². The van der Waals surface area contributed by atoms with E-state index in [0.717, 1.165) is 31.2 Å². The lowest BCUT2D eigenvalue weighted by atomic mass is 10.1. The zero-order valence-electron chi connectivity index (χ0n) is 12.1. The molecule has 1 aliphatic heterocycles. The quantitative estimate of drug-likeness (QED) is 0.911. The van der Waals surface area contributed by atoms with Crippen LogP contribution in [0, 0.1) is 6.92 Å². The summed E-state index contributed by atoms with van der Waals surface area (Å²) in [7, 11) is 4.41. The van der Waals surface area contributed by atoms with E-state index >= 15 is 0 Å². The Morgan fingerprint density at radius 2 is 2.11 bits per heavy atom. The summed E-state index contributed by atoms with van der Waals surface area (Å²) in [6.07, 6.45) is 0. The van der Waals surface area contributed by atoms with E-state index in [9.17, 15) is 0 Å². The zero-order valence-corrected chi connectivity index (χ0v) is 12.9. The van der Waals surface area contributed by atoms with Crippen LogP contribution in [-0.4, -0.2) is 56.1 Å². The van der Waals surface area contributed by atoms with Crippen molar-refractivity contribution in [3.63, 3.8) is 0 Å². The van der Waals surface area contributed by atoms with Crippen LogP contribution in [0.1, 0.15) is 11.1 Å². The van der Waals surface area contributed by atoms with Crippen LogP contribution in [-0.2, 0) is 6.54 Å². The Hall–Kier alpha value is -0.610. The molecule has 1 N–H and O–H groups in total. The van der Waals surface area contributed by atoms with Crippen molar-refractivity contribution in [2.24, 2.45) is 0 Å². The fourth-order valence-corrected chi connectivity index (χ4v) is 2.78. The Kier molecular flexibility index (Phi) is 5.22. The number of likely N-dealkylation sites (N-methyl/N-ethyl adjacent to an activating group) is 2. The second-order valence-electron chi connectivity index (χ2n) is 5.60. The number of benzene rings is 1. The van der Waals surface area contributed by atoms with Gasteiger partial charge in [0.15, 0.2) is 0 Å². The lowest BCUT2D eigenvalue weighted by Crippen LogP contribution is -2.53. The van der Waals surface area contributed by atoms with Gasteiger partial charge < -0.3 is 10.2 Å². The molecule has 0 amide bonds. The molecule has 0 bridgehead atoms. The molecule has 1 saturated heterocycles. The van der Waals surface area contributed by atoms with Gasteiger partial charge in [-0.3, -0.25) is 4.90 Å². The highest BCUT2D eigenvalue weighted by molar-refractivity contribution is 6.30. The van der Waals surface area contributed by atoms with Crippen molar-refractivity contribution in [1.29, 1.82) is 0 Å². The van der Waals surface area contributed by atoms with Crippen LogP contribution in [0.3, 0.4) is 0 Å². The molecule has 0 radical (unpaired) electrons. The van der Waals surface area contributed by atoms with E-state index in [0.29, 0.717) is 6.04 Å². The summed E-state index contributed by atoms with van der Waals surface area (Å²) >= 11 is 5.98. The lowest BCUT2D eigenvalue weighted by Gasteiger charge is -2.37. The van der Waals surface area contributed by atoms with E-state index in [1.807, 2.05) is 12.1 Å². The largest absolute Gasteiger partial charge is 0.311 e. The van der Waals surface area contributed by atoms with Gasteiger partial charge in [0.1, 0.15) is 0 Å². The summed E-state index contributed by atoms with van der Waals surface area (Å²) < 4.78 is 0. The second-order valence-corrected chi connectivity index (χ2v) is 6.03. The van der Waals surface area contributed by atoms with E-state index in [-0.39, 0.29) is 0 Å². The minimum atomic E-state index is 0.603. The molecule has 1 aromatic carbocycles. The third-order valence-electron chi connectivity index (χ3n) is 3.98. The smallest absolute Gasteiger partial charge is 0.0408 e. The molecule has 4 heteroatoms. The van der Waals surface area contributed by atoms with E-state index in [4.69, 9.17) is 11.6 Å². The second kappa shape index (κ2) is 6.71. The molecule has 1 aliphatic rings. The maximum absolute atomic E-state index is 5.98. The molecule has 106 valence electrons. The number of halogens is 1. The zero-order chi connectivity index (χ0) is 13.8. The monoisotopic (exact) mass is 281 g/mol. The van der Waals surface area contributed by atoms with Crippen LogP contribution in [0.2, 0.25) is 5.02 Å². The van der Waals surface area contributed by atoms with Gasteiger partial charge >= 0.3 is 0 Å². The molecular formula is C15H24ClN3. The number of aryl methyl sites for hydroxylation is 1. The van der Waals surface area contributed by atoms with Gasteiger partial charge in [-0.2, -0.15) is 0 Å². The average Bonchev–Trinajstić information content (AvgIpc) is 2.36. The molecule has 1 unspecified atom stereocenters. The topological polar surface area (TPSA) is 18.5 Å². The summed E-state index contributed by atoms with van der Waals surface area (Å²) in [5, 5.41) is 4.39. The van der Waals surface area contributed by atoms with E-state index < -0.39 is 0 Å². The maximum Gasteiger partial charge on any atom is 0.0408 e. The fourth-order valence-electron chi connectivity index (χ4n) is 2.55. The molecular weight excluding hydrogens is 258 g/mol. The molecule has 1 atom stereocenters. The summed E-state index contributed by atoms with van der Waals surface area (Å²) in [5.41, 5.74) is 2.59. The van der Waals surface area contributed by atoms with Crippen LogP contribution < -0.4 is 5.32 Å². The molecule has 0 aliphatic carbocycles. The van der Waals surface area contributed by atoms with Gasteiger partial charge in [-0.15, -0.1) is 0 Å². The number of rotatable bonds is 4. The van der Waals surface area contributed by atoms with Crippen LogP contribution in [0.15, 0.2) is 18.2 Å². The van der Waals surface area contributed by atoms with Crippen LogP contribution >= 0.6 is 11.6 Å². The van der Waals surface area contributed by atoms with Crippen molar-refractivity contribution in [2.75, 3.05) is 40.3 Å². The Morgan fingerprint density at radius 1 is 1.32 bits per heavy atom. The first-order valence-electron chi connectivity index (χ1n) is 6.91. The highest BCUT2D eigenvalue weighted by Gasteiger charge is 2.21. The highest BCUT2D eigenvalue weighted by Crippen LogP contribution is 2.15. The maximum atomic E-state index is 5.98. The Morgan fingerprint density at radius 3 is 2.84 bits per heavy atom. The van der Waals surface area contributed by atoms with Crippen LogP contribution in [0.25, 0.3) is 0 Å². The van der Waals surface area contributed by atoms with Gasteiger partial charge in [-0.05, 0) is 44.3 Å². The minimum Gasteiger partial charge on any atom is -0.311 e. The molecule has 1 fully saturated rings. The minimum absolute atomic E-state index is 0.603. The average molecular weight is 282 g/mol. The molecule has 0 saturated carbocycles. The van der Waals surface area contributed by atoms with Crippen molar-refractivity contribution in [3.05, 3.63) is 34.3 Å². The molecule has 2 rings (SSSR count). The normalized spacial score (nSPS) is 21.8. The van der Waals surface area contributed by atoms with E-state index in [2.05, 4.69) is 42.2 Å². The molecule has 19 heavy (non-hydrogen) atoms. The predicted molar refractivity (Wildman–Crippen MR) is 81.8 cm³/mol. The van der Waals surface area contributed by atoms with Crippen LogP contribution in [0.4, 0.5) is 0 Å². The van der Waals surface area contributed by atoms with Gasteiger partial charge in [0.05, 0.1) is 0 Å². The third-order valence-corrected chi connectivity index (χ3v) is 4.22.